The van der Waals surface area contributed by atoms with E-state index in [1.165, 1.54) is 18.4 Å². The van der Waals surface area contributed by atoms with Crippen LogP contribution in [0.3, 0.4) is 0 Å². The van der Waals surface area contributed by atoms with Crippen LogP contribution in [-0.4, -0.2) is 56.7 Å². The van der Waals surface area contributed by atoms with Gasteiger partial charge in [-0.05, 0) is 31.5 Å². The van der Waals surface area contributed by atoms with Gasteiger partial charge in [0.2, 0.25) is 0 Å². The number of anilines is 1. The summed E-state index contributed by atoms with van der Waals surface area (Å²) in [5, 5.41) is 5.74. The molecule has 0 saturated carbocycles. The average Bonchev–Trinajstić information content (AvgIpc) is 2.80. The van der Waals surface area contributed by atoms with E-state index in [0.717, 1.165) is 37.3 Å². The van der Waals surface area contributed by atoms with Crippen molar-refractivity contribution in [2.45, 2.75) is 19.9 Å². The van der Waals surface area contributed by atoms with E-state index in [1.807, 2.05) is 31.2 Å². The maximum Gasteiger partial charge on any atom is 0.338 e. The van der Waals surface area contributed by atoms with Crippen molar-refractivity contribution in [1.29, 1.82) is 0 Å². The van der Waals surface area contributed by atoms with E-state index in [9.17, 15) is 9.59 Å². The molecule has 168 valence electrons. The minimum absolute atomic E-state index is 0.309. The second kappa shape index (κ2) is 9.44. The lowest BCUT2D eigenvalue weighted by molar-refractivity contribution is -0.136. The molecule has 2 aromatic rings. The maximum absolute atomic E-state index is 12.7. The Kier molecular flexibility index (Phi) is 6.46. The highest BCUT2D eigenvalue weighted by molar-refractivity contribution is 5.95. The summed E-state index contributed by atoms with van der Waals surface area (Å²) in [5.41, 5.74) is 5.50. The summed E-state index contributed by atoms with van der Waals surface area (Å²) in [6, 6.07) is 15.5. The Morgan fingerprint density at radius 1 is 0.969 bits per heavy atom. The normalized spacial score (nSPS) is 19.4. The molecule has 0 unspecified atom stereocenters. The summed E-state index contributed by atoms with van der Waals surface area (Å²) >= 11 is 0. The lowest BCUT2D eigenvalue weighted by Crippen LogP contribution is -2.51. The zero-order valence-corrected chi connectivity index (χ0v) is 18.9. The summed E-state index contributed by atoms with van der Waals surface area (Å²) in [6.07, 6.45) is 0. The van der Waals surface area contributed by atoms with Gasteiger partial charge in [-0.2, -0.15) is 0 Å². The van der Waals surface area contributed by atoms with Crippen molar-refractivity contribution in [3.63, 3.8) is 0 Å². The largest absolute Gasteiger partial charge is 0.466 e. The number of esters is 1. The predicted molar refractivity (Wildman–Crippen MR) is 124 cm³/mol. The van der Waals surface area contributed by atoms with Crippen LogP contribution < -0.4 is 15.5 Å². The van der Waals surface area contributed by atoms with Crippen molar-refractivity contribution in [1.82, 2.24) is 15.5 Å². The number of methoxy groups -OCH3 is 1. The summed E-state index contributed by atoms with van der Waals surface area (Å²) < 4.78 is 5.09. The van der Waals surface area contributed by atoms with E-state index in [2.05, 4.69) is 51.6 Å². The first-order chi connectivity index (χ1) is 15.4. The Labute approximate surface area is 189 Å². The molecule has 0 aromatic heterocycles. The number of carbonyl (C=O) groups is 2. The maximum atomic E-state index is 12.7. The molecular formula is C25H30N4O3. The van der Waals surface area contributed by atoms with Gasteiger partial charge in [0.05, 0.1) is 18.7 Å². The first-order valence-electron chi connectivity index (χ1n) is 10.9. The SMILES string of the molecule is COC(=O)C1=C(CN2CCN(c3ccc(C)cc3)CC2)NC(=O)N[C@@H]1c1ccc(C)cc1. The monoisotopic (exact) mass is 434 g/mol. The van der Waals surface area contributed by atoms with Crippen molar-refractivity contribution in [3.8, 4) is 0 Å². The van der Waals surface area contributed by atoms with Gasteiger partial charge in [0.25, 0.3) is 0 Å². The molecule has 0 radical (unpaired) electrons. The van der Waals surface area contributed by atoms with Crippen molar-refractivity contribution < 1.29 is 14.3 Å². The van der Waals surface area contributed by atoms with E-state index in [1.54, 1.807) is 0 Å². The van der Waals surface area contributed by atoms with Crippen LogP contribution in [0.25, 0.3) is 0 Å². The minimum Gasteiger partial charge on any atom is -0.466 e. The molecule has 32 heavy (non-hydrogen) atoms. The van der Waals surface area contributed by atoms with E-state index >= 15 is 0 Å². The molecular weight excluding hydrogens is 404 g/mol. The van der Waals surface area contributed by atoms with Crippen molar-refractivity contribution in [2.24, 2.45) is 0 Å². The molecule has 4 rings (SSSR count). The molecule has 7 heteroatoms. The molecule has 7 nitrogen and oxygen atoms in total. The topological polar surface area (TPSA) is 73.9 Å². The van der Waals surface area contributed by atoms with Crippen LogP contribution in [0.15, 0.2) is 59.8 Å². The number of piperazine rings is 1. The number of carbonyl (C=O) groups excluding carboxylic acids is 2. The van der Waals surface area contributed by atoms with Crippen molar-refractivity contribution in [2.75, 3.05) is 44.7 Å². The van der Waals surface area contributed by atoms with E-state index in [-0.39, 0.29) is 6.03 Å². The van der Waals surface area contributed by atoms with Gasteiger partial charge in [-0.3, -0.25) is 4.90 Å². The molecule has 1 saturated heterocycles. The van der Waals surface area contributed by atoms with E-state index < -0.39 is 12.0 Å². The van der Waals surface area contributed by atoms with Crippen LogP contribution in [0.1, 0.15) is 22.7 Å². The van der Waals surface area contributed by atoms with Crippen LogP contribution >= 0.6 is 0 Å². The average molecular weight is 435 g/mol. The Bertz CT molecular complexity index is 1010. The van der Waals surface area contributed by atoms with Gasteiger partial charge in [-0.1, -0.05) is 47.5 Å². The molecule has 2 aliphatic heterocycles. The number of urea groups is 1. The second-order valence-corrected chi connectivity index (χ2v) is 8.42. The fraction of sp³-hybridized carbons (Fsp3) is 0.360. The van der Waals surface area contributed by atoms with E-state index in [0.29, 0.717) is 17.8 Å². The van der Waals surface area contributed by atoms with Gasteiger partial charge in [0, 0.05) is 44.1 Å². The van der Waals surface area contributed by atoms with Gasteiger partial charge in [-0.25, -0.2) is 9.59 Å². The van der Waals surface area contributed by atoms with Gasteiger partial charge < -0.3 is 20.3 Å². The molecule has 1 atom stereocenters. The predicted octanol–water partition coefficient (Wildman–Crippen LogP) is 2.91. The third-order valence-electron chi connectivity index (χ3n) is 6.12. The van der Waals surface area contributed by atoms with Crippen molar-refractivity contribution in [3.05, 3.63) is 76.5 Å². The number of ether oxygens (including phenoxy) is 1. The van der Waals surface area contributed by atoms with Crippen LogP contribution in [0.4, 0.5) is 10.5 Å². The number of nitrogens with zero attached hydrogens (tertiary/aromatic N) is 2. The number of nitrogens with one attached hydrogen (secondary N) is 2. The highest BCUT2D eigenvalue weighted by atomic mass is 16.5. The summed E-state index contributed by atoms with van der Waals surface area (Å²) in [6.45, 7) is 8.03. The first-order valence-corrected chi connectivity index (χ1v) is 10.9. The van der Waals surface area contributed by atoms with Crippen LogP contribution in [0, 0.1) is 13.8 Å². The highest BCUT2D eigenvalue weighted by Crippen LogP contribution is 2.28. The zero-order chi connectivity index (χ0) is 22.7. The Morgan fingerprint density at radius 2 is 1.56 bits per heavy atom. The van der Waals surface area contributed by atoms with Crippen LogP contribution in [-0.2, 0) is 9.53 Å². The lowest BCUT2D eigenvalue weighted by atomic mass is 9.94. The molecule has 2 heterocycles. The van der Waals surface area contributed by atoms with Crippen LogP contribution in [0.5, 0.6) is 0 Å². The number of amides is 2. The molecule has 2 aliphatic rings. The molecule has 2 aromatic carbocycles. The van der Waals surface area contributed by atoms with Crippen LogP contribution in [0.2, 0.25) is 0 Å². The number of hydrogen-bond acceptors (Lipinski definition) is 5. The standard InChI is InChI=1S/C25H30N4O3/c1-17-4-8-19(9-5-17)23-22(24(30)32-3)21(26-25(31)27-23)16-28-12-14-29(15-13-28)20-10-6-18(2)7-11-20/h4-11,23H,12-16H2,1-3H3,(H2,26,27,31)/t23-/m1/s1. The highest BCUT2D eigenvalue weighted by Gasteiger charge is 2.34. The van der Waals surface area contributed by atoms with Gasteiger partial charge in [0.1, 0.15) is 0 Å². The third-order valence-corrected chi connectivity index (χ3v) is 6.12. The quantitative estimate of drug-likeness (QED) is 0.708. The Morgan fingerprint density at radius 3 is 2.16 bits per heavy atom. The fourth-order valence-corrected chi connectivity index (χ4v) is 4.25. The minimum atomic E-state index is -0.541. The Hall–Kier alpha value is -3.32. The van der Waals surface area contributed by atoms with Gasteiger partial charge in [0.15, 0.2) is 0 Å². The van der Waals surface area contributed by atoms with Crippen molar-refractivity contribution >= 4 is 17.7 Å². The van der Waals surface area contributed by atoms with Gasteiger partial charge >= 0.3 is 12.0 Å². The molecule has 0 aliphatic carbocycles. The number of benzene rings is 2. The number of hydrogen-bond donors (Lipinski definition) is 2. The Balaban J connectivity index is 1.53. The molecule has 1 fully saturated rings. The molecule has 0 spiro atoms. The lowest BCUT2D eigenvalue weighted by Gasteiger charge is -2.38. The summed E-state index contributed by atoms with van der Waals surface area (Å²) in [7, 11) is 1.37. The van der Waals surface area contributed by atoms with E-state index in [4.69, 9.17) is 4.74 Å². The summed E-state index contributed by atoms with van der Waals surface area (Å²) in [5.74, 6) is -0.434. The molecule has 2 N–H and O–H groups in total. The molecule has 2 amide bonds. The number of aryl methyl sites for hydroxylation is 2. The number of rotatable bonds is 5. The second-order valence-electron chi connectivity index (χ2n) is 8.42. The third kappa shape index (κ3) is 4.78. The van der Waals surface area contributed by atoms with Gasteiger partial charge in [-0.15, -0.1) is 0 Å². The molecule has 0 bridgehead atoms. The fourth-order valence-electron chi connectivity index (χ4n) is 4.25. The zero-order valence-electron chi connectivity index (χ0n) is 18.9. The first kappa shape index (κ1) is 21.9. The smallest absolute Gasteiger partial charge is 0.338 e. The summed E-state index contributed by atoms with van der Waals surface area (Å²) in [4.78, 5) is 29.8.